The summed E-state index contributed by atoms with van der Waals surface area (Å²) in [5.74, 6) is 1.08. The van der Waals surface area contributed by atoms with Crippen LogP contribution in [0, 0.1) is 0 Å². The Balaban J connectivity index is 2.33. The van der Waals surface area contributed by atoms with Crippen LogP contribution in [0.15, 0.2) is 42.5 Å². The summed E-state index contributed by atoms with van der Waals surface area (Å²) in [5, 5.41) is 0. The number of rotatable bonds is 5. The predicted octanol–water partition coefficient (Wildman–Crippen LogP) is 3.25. The Morgan fingerprint density at radius 3 is 2.48 bits per heavy atom. The second kappa shape index (κ2) is 6.65. The Morgan fingerprint density at radius 1 is 1.10 bits per heavy atom. The highest BCUT2D eigenvalue weighted by Gasteiger charge is 2.12. The van der Waals surface area contributed by atoms with Crippen molar-refractivity contribution in [2.45, 2.75) is 6.92 Å². The molecule has 0 spiro atoms. The monoisotopic (exact) mass is 287 g/mol. The number of hydrogen-bond donors (Lipinski definition) is 1. The van der Waals surface area contributed by atoms with Gasteiger partial charge in [0.05, 0.1) is 25.0 Å². The van der Waals surface area contributed by atoms with E-state index in [1.807, 2.05) is 19.1 Å². The molecular formula is C16H17NO4. The molecule has 0 aliphatic carbocycles. The Kier molecular flexibility index (Phi) is 4.66. The molecule has 2 rings (SSSR count). The van der Waals surface area contributed by atoms with E-state index in [0.29, 0.717) is 35.1 Å². The first-order chi connectivity index (χ1) is 10.2. The van der Waals surface area contributed by atoms with E-state index in [9.17, 15) is 4.79 Å². The average Bonchev–Trinajstić information content (AvgIpc) is 2.51. The largest absolute Gasteiger partial charge is 0.490 e. The second-order valence-electron chi connectivity index (χ2n) is 4.23. The quantitative estimate of drug-likeness (QED) is 0.675. The first-order valence-electron chi connectivity index (χ1n) is 6.53. The minimum atomic E-state index is -0.446. The number of methoxy groups -OCH3 is 1. The van der Waals surface area contributed by atoms with Gasteiger partial charge in [-0.3, -0.25) is 0 Å². The van der Waals surface area contributed by atoms with Gasteiger partial charge in [0, 0.05) is 0 Å². The van der Waals surface area contributed by atoms with Crippen LogP contribution in [-0.2, 0) is 4.74 Å². The predicted molar refractivity (Wildman–Crippen MR) is 79.9 cm³/mol. The number of esters is 1. The Bertz CT molecular complexity index is 640. The molecule has 0 saturated carbocycles. The van der Waals surface area contributed by atoms with Crippen LogP contribution in [0.5, 0.6) is 17.2 Å². The lowest BCUT2D eigenvalue weighted by molar-refractivity contribution is 0.0600. The van der Waals surface area contributed by atoms with Gasteiger partial charge in [0.25, 0.3) is 0 Å². The SMILES string of the molecule is CCOc1ccccc1Oc1cc(C(=O)OC)ccc1N. The van der Waals surface area contributed by atoms with Crippen LogP contribution in [0.4, 0.5) is 5.69 Å². The van der Waals surface area contributed by atoms with Crippen molar-refractivity contribution in [1.29, 1.82) is 0 Å². The van der Waals surface area contributed by atoms with Crippen LogP contribution in [-0.4, -0.2) is 19.7 Å². The van der Waals surface area contributed by atoms with Gasteiger partial charge in [-0.2, -0.15) is 0 Å². The van der Waals surface area contributed by atoms with Gasteiger partial charge >= 0.3 is 5.97 Å². The van der Waals surface area contributed by atoms with Gasteiger partial charge in [-0.05, 0) is 37.3 Å². The lowest BCUT2D eigenvalue weighted by atomic mass is 10.2. The van der Waals surface area contributed by atoms with E-state index in [1.165, 1.54) is 7.11 Å². The summed E-state index contributed by atoms with van der Waals surface area (Å²) in [6.45, 7) is 2.42. The zero-order valence-electron chi connectivity index (χ0n) is 12.0. The molecule has 0 atom stereocenters. The van der Waals surface area contributed by atoms with Gasteiger partial charge in [-0.1, -0.05) is 12.1 Å². The van der Waals surface area contributed by atoms with Gasteiger partial charge in [-0.15, -0.1) is 0 Å². The van der Waals surface area contributed by atoms with E-state index in [1.54, 1.807) is 30.3 Å². The molecular weight excluding hydrogens is 270 g/mol. The number of ether oxygens (including phenoxy) is 3. The van der Waals surface area contributed by atoms with Crippen molar-refractivity contribution in [1.82, 2.24) is 0 Å². The molecule has 0 unspecified atom stereocenters. The van der Waals surface area contributed by atoms with Gasteiger partial charge in [0.1, 0.15) is 0 Å². The molecule has 0 amide bonds. The van der Waals surface area contributed by atoms with Gasteiger partial charge in [0.2, 0.25) is 0 Å². The van der Waals surface area contributed by atoms with Crippen molar-refractivity contribution in [2.75, 3.05) is 19.5 Å². The first kappa shape index (κ1) is 14.7. The second-order valence-corrected chi connectivity index (χ2v) is 4.23. The number of nitrogen functional groups attached to an aromatic ring is 1. The number of carbonyl (C=O) groups is 1. The smallest absolute Gasteiger partial charge is 0.337 e. The molecule has 0 aliphatic rings. The summed E-state index contributed by atoms with van der Waals surface area (Å²) in [7, 11) is 1.32. The van der Waals surface area contributed by atoms with Crippen LogP contribution in [0.3, 0.4) is 0 Å². The normalized spacial score (nSPS) is 10.0. The van der Waals surface area contributed by atoms with Crippen LogP contribution in [0.25, 0.3) is 0 Å². The van der Waals surface area contributed by atoms with E-state index in [-0.39, 0.29) is 0 Å². The van der Waals surface area contributed by atoms with Crippen molar-refractivity contribution in [3.8, 4) is 17.2 Å². The lowest BCUT2D eigenvalue weighted by Crippen LogP contribution is -2.03. The van der Waals surface area contributed by atoms with Crippen LogP contribution < -0.4 is 15.2 Å². The molecule has 0 aromatic heterocycles. The first-order valence-corrected chi connectivity index (χ1v) is 6.53. The summed E-state index contributed by atoms with van der Waals surface area (Å²) in [5.41, 5.74) is 6.68. The zero-order valence-corrected chi connectivity index (χ0v) is 12.0. The molecule has 0 saturated heterocycles. The third-order valence-corrected chi connectivity index (χ3v) is 2.80. The highest BCUT2D eigenvalue weighted by Crippen LogP contribution is 2.34. The van der Waals surface area contributed by atoms with E-state index >= 15 is 0 Å². The van der Waals surface area contributed by atoms with Crippen molar-refractivity contribution in [3.05, 3.63) is 48.0 Å². The fraction of sp³-hybridized carbons (Fsp3) is 0.188. The number of benzene rings is 2. The average molecular weight is 287 g/mol. The lowest BCUT2D eigenvalue weighted by Gasteiger charge is -2.13. The highest BCUT2D eigenvalue weighted by atomic mass is 16.5. The number of nitrogens with two attached hydrogens (primary N) is 1. The number of anilines is 1. The highest BCUT2D eigenvalue weighted by molar-refractivity contribution is 5.90. The molecule has 0 bridgehead atoms. The molecule has 0 aliphatic heterocycles. The molecule has 0 fully saturated rings. The maximum Gasteiger partial charge on any atom is 0.337 e. The summed E-state index contributed by atoms with van der Waals surface area (Å²) in [6.07, 6.45) is 0. The Labute approximate surface area is 123 Å². The topological polar surface area (TPSA) is 70.8 Å². The van der Waals surface area contributed by atoms with Crippen molar-refractivity contribution in [3.63, 3.8) is 0 Å². The van der Waals surface area contributed by atoms with E-state index in [4.69, 9.17) is 15.2 Å². The summed E-state index contributed by atoms with van der Waals surface area (Å²) in [6, 6.07) is 12.0. The maximum absolute atomic E-state index is 11.6. The van der Waals surface area contributed by atoms with Crippen molar-refractivity contribution >= 4 is 11.7 Å². The third-order valence-electron chi connectivity index (χ3n) is 2.80. The summed E-state index contributed by atoms with van der Waals surface area (Å²) < 4.78 is 15.9. The molecule has 0 radical (unpaired) electrons. The molecule has 2 aromatic carbocycles. The molecule has 2 aromatic rings. The van der Waals surface area contributed by atoms with E-state index in [0.717, 1.165) is 0 Å². The van der Waals surface area contributed by atoms with E-state index in [2.05, 4.69) is 4.74 Å². The maximum atomic E-state index is 11.6. The molecule has 110 valence electrons. The van der Waals surface area contributed by atoms with Crippen LogP contribution in [0.1, 0.15) is 17.3 Å². The van der Waals surface area contributed by atoms with Crippen LogP contribution >= 0.6 is 0 Å². The fourth-order valence-corrected chi connectivity index (χ4v) is 1.80. The number of carbonyl (C=O) groups excluding carboxylic acids is 1. The van der Waals surface area contributed by atoms with Gasteiger partial charge in [0.15, 0.2) is 17.2 Å². The van der Waals surface area contributed by atoms with Crippen molar-refractivity contribution in [2.24, 2.45) is 0 Å². The number of para-hydroxylation sites is 2. The summed E-state index contributed by atoms with van der Waals surface area (Å²) in [4.78, 5) is 11.6. The third kappa shape index (κ3) is 3.45. The van der Waals surface area contributed by atoms with Gasteiger partial charge in [-0.25, -0.2) is 4.79 Å². The molecule has 5 heteroatoms. The molecule has 2 N–H and O–H groups in total. The minimum absolute atomic E-state index is 0.371. The van der Waals surface area contributed by atoms with Crippen molar-refractivity contribution < 1.29 is 19.0 Å². The Hall–Kier alpha value is -2.69. The standard InChI is InChI=1S/C16H17NO4/c1-3-20-13-6-4-5-7-14(13)21-15-10-11(16(18)19-2)8-9-12(15)17/h4-10H,3,17H2,1-2H3. The number of hydrogen-bond acceptors (Lipinski definition) is 5. The molecule has 5 nitrogen and oxygen atoms in total. The molecule has 21 heavy (non-hydrogen) atoms. The van der Waals surface area contributed by atoms with Crippen LogP contribution in [0.2, 0.25) is 0 Å². The summed E-state index contributed by atoms with van der Waals surface area (Å²) >= 11 is 0. The van der Waals surface area contributed by atoms with E-state index < -0.39 is 5.97 Å². The zero-order chi connectivity index (χ0) is 15.2. The Morgan fingerprint density at radius 2 is 1.81 bits per heavy atom. The fourth-order valence-electron chi connectivity index (χ4n) is 1.80. The van der Waals surface area contributed by atoms with Gasteiger partial charge < -0.3 is 19.9 Å². The molecule has 0 heterocycles. The minimum Gasteiger partial charge on any atom is -0.490 e.